The molecule has 1 aromatic carbocycles. The Morgan fingerprint density at radius 2 is 2.00 bits per heavy atom. The van der Waals surface area contributed by atoms with E-state index in [1.807, 2.05) is 6.08 Å². The van der Waals surface area contributed by atoms with Gasteiger partial charge in [0.25, 0.3) is 0 Å². The van der Waals surface area contributed by atoms with Crippen LogP contribution in [0.25, 0.3) is 0 Å². The Balaban J connectivity index is 1.29. The molecule has 1 aromatic rings. The van der Waals surface area contributed by atoms with Gasteiger partial charge in [0, 0.05) is 19.8 Å². The van der Waals surface area contributed by atoms with E-state index >= 15 is 0 Å². The fourth-order valence-electron chi connectivity index (χ4n) is 4.87. The third-order valence-electron chi connectivity index (χ3n) is 6.57. The number of benzene rings is 1. The number of anilines is 1. The van der Waals surface area contributed by atoms with Crippen molar-refractivity contribution in [3.05, 3.63) is 39.4 Å². The van der Waals surface area contributed by atoms with Gasteiger partial charge in [0.1, 0.15) is 0 Å². The second kappa shape index (κ2) is 8.46. The van der Waals surface area contributed by atoms with Crippen molar-refractivity contribution in [2.75, 3.05) is 32.7 Å². The van der Waals surface area contributed by atoms with E-state index in [9.17, 15) is 0 Å². The lowest BCUT2D eigenvalue weighted by atomic mass is 9.95. The molecule has 5 rings (SSSR count). The molecule has 9 heteroatoms. The highest BCUT2D eigenvalue weighted by Crippen LogP contribution is 2.38. The van der Waals surface area contributed by atoms with Crippen LogP contribution in [0.2, 0.25) is 0 Å². The molecule has 0 amide bonds. The Kier molecular flexibility index (Phi) is 5.68. The maximum Gasteiger partial charge on any atom is 0.213 e. The predicted molar refractivity (Wildman–Crippen MR) is 125 cm³/mol. The molecule has 1 unspecified atom stereocenters. The topological polar surface area (TPSA) is 105 Å². The normalized spacial score (nSPS) is 24.3. The lowest BCUT2D eigenvalue weighted by molar-refractivity contribution is -0.152. The van der Waals surface area contributed by atoms with E-state index in [1.54, 1.807) is 14.2 Å². The van der Waals surface area contributed by atoms with E-state index in [2.05, 4.69) is 27.2 Å². The van der Waals surface area contributed by atoms with Crippen molar-refractivity contribution in [3.8, 4) is 0 Å². The summed E-state index contributed by atoms with van der Waals surface area (Å²) in [6.45, 7) is 0.984. The van der Waals surface area contributed by atoms with Crippen molar-refractivity contribution in [2.45, 2.75) is 49.6 Å². The fourth-order valence-corrected chi connectivity index (χ4v) is 5.59. The average molecular weight is 443 g/mol. The van der Waals surface area contributed by atoms with Crippen molar-refractivity contribution in [1.29, 1.82) is 0 Å². The molecule has 2 aliphatic heterocycles. The molecule has 5 N–H and O–H groups in total. The molecule has 1 saturated heterocycles. The number of ether oxygens (including phenoxy) is 2. The fraction of sp³-hybridized carbons (Fsp3) is 0.545. The first-order valence-electron chi connectivity index (χ1n) is 10.9. The van der Waals surface area contributed by atoms with Crippen molar-refractivity contribution in [2.24, 2.45) is 15.7 Å². The van der Waals surface area contributed by atoms with E-state index in [0.717, 1.165) is 24.5 Å². The van der Waals surface area contributed by atoms with Gasteiger partial charge in [-0.2, -0.15) is 0 Å². The summed E-state index contributed by atoms with van der Waals surface area (Å²) in [5.74, 6) is 0.741. The molecule has 8 nitrogen and oxygen atoms in total. The van der Waals surface area contributed by atoms with Gasteiger partial charge in [0.2, 0.25) is 5.96 Å². The van der Waals surface area contributed by atoms with Gasteiger partial charge in [-0.25, -0.2) is 10.4 Å². The quantitative estimate of drug-likeness (QED) is 0.498. The minimum absolute atomic E-state index is 0.224. The molecule has 2 heterocycles. The van der Waals surface area contributed by atoms with Gasteiger partial charge >= 0.3 is 0 Å². The van der Waals surface area contributed by atoms with Crippen LogP contribution in [-0.4, -0.2) is 50.1 Å². The second-order valence-electron chi connectivity index (χ2n) is 8.42. The zero-order valence-electron chi connectivity index (χ0n) is 18.1. The summed E-state index contributed by atoms with van der Waals surface area (Å²) in [6, 6.07) is 2.44. The highest BCUT2D eigenvalue weighted by atomic mass is 32.2. The van der Waals surface area contributed by atoms with Gasteiger partial charge < -0.3 is 20.5 Å². The van der Waals surface area contributed by atoms with Gasteiger partial charge in [0.05, 0.1) is 24.0 Å². The molecule has 31 heavy (non-hydrogen) atoms. The van der Waals surface area contributed by atoms with E-state index in [4.69, 9.17) is 20.2 Å². The van der Waals surface area contributed by atoms with Gasteiger partial charge in [-0.1, -0.05) is 17.8 Å². The first-order chi connectivity index (χ1) is 15.1. The number of nitrogens with zero attached hydrogens (tertiary/aromatic N) is 2. The summed E-state index contributed by atoms with van der Waals surface area (Å²) < 4.78 is 10.9. The minimum Gasteiger partial charge on any atom is -0.393 e. The lowest BCUT2D eigenvalue weighted by Crippen LogP contribution is -2.57. The number of fused-ring (bicyclic) bond motifs is 2. The molecule has 0 aromatic heterocycles. The van der Waals surface area contributed by atoms with Crippen molar-refractivity contribution >= 4 is 29.1 Å². The first-order valence-corrected chi connectivity index (χ1v) is 11.8. The standard InChI is InChI=1S/C22H30N6O2S/c1-24-17(22(29-2)11-30-12-22)10-18(23)31-21-26-20(27-28-21)25-19-15-7-3-5-13(15)9-14-6-4-8-16(14)19/h9-10,21,28H,3-8,11-12,23H2,1-2H3,(H2,25,26,27)/b18-10+,24-17?. The number of aryl methyl sites for hydroxylation is 2. The smallest absolute Gasteiger partial charge is 0.213 e. The van der Waals surface area contributed by atoms with Crippen LogP contribution in [0.5, 0.6) is 0 Å². The summed E-state index contributed by atoms with van der Waals surface area (Å²) in [7, 11) is 3.42. The lowest BCUT2D eigenvalue weighted by Gasteiger charge is -2.40. The summed E-state index contributed by atoms with van der Waals surface area (Å²) in [4.78, 5) is 9.12. The van der Waals surface area contributed by atoms with Crippen molar-refractivity contribution in [3.63, 3.8) is 0 Å². The second-order valence-corrected chi connectivity index (χ2v) is 9.58. The monoisotopic (exact) mass is 442 g/mol. The first kappa shape index (κ1) is 20.8. The van der Waals surface area contributed by atoms with Gasteiger partial charge in [-0.15, -0.1) is 0 Å². The molecule has 0 saturated carbocycles. The summed E-state index contributed by atoms with van der Waals surface area (Å²) >= 11 is 1.44. The number of methoxy groups -OCH3 is 1. The van der Waals surface area contributed by atoms with Crippen LogP contribution in [-0.2, 0) is 35.2 Å². The molecule has 4 aliphatic rings. The van der Waals surface area contributed by atoms with Crippen molar-refractivity contribution in [1.82, 2.24) is 10.9 Å². The molecule has 1 atom stereocenters. The van der Waals surface area contributed by atoms with Crippen LogP contribution in [0.4, 0.5) is 5.69 Å². The predicted octanol–water partition coefficient (Wildman–Crippen LogP) is 1.84. The molecule has 0 radical (unpaired) electrons. The van der Waals surface area contributed by atoms with E-state index in [-0.39, 0.29) is 5.50 Å². The third kappa shape index (κ3) is 3.84. The zero-order chi connectivity index (χ0) is 21.4. The Hall–Kier alpha value is -2.07. The molecular weight excluding hydrogens is 412 g/mol. The van der Waals surface area contributed by atoms with Crippen LogP contribution in [0.15, 0.2) is 27.2 Å². The van der Waals surface area contributed by atoms with E-state index in [0.29, 0.717) is 18.2 Å². The number of hydrogen-bond donors (Lipinski definition) is 4. The highest BCUT2D eigenvalue weighted by molar-refractivity contribution is 8.03. The van der Waals surface area contributed by atoms with Gasteiger partial charge in [-0.05, 0) is 66.9 Å². The van der Waals surface area contributed by atoms with Crippen LogP contribution in [0, 0.1) is 0 Å². The Morgan fingerprint density at radius 3 is 2.58 bits per heavy atom. The Bertz CT molecular complexity index is 931. The minimum atomic E-state index is -0.495. The Morgan fingerprint density at radius 1 is 1.29 bits per heavy atom. The molecule has 2 aliphatic carbocycles. The maximum atomic E-state index is 6.30. The van der Waals surface area contributed by atoms with Gasteiger partial charge in [-0.3, -0.25) is 10.4 Å². The summed E-state index contributed by atoms with van der Waals surface area (Å²) in [6.07, 6.45) is 8.99. The van der Waals surface area contributed by atoms with E-state index < -0.39 is 5.60 Å². The van der Waals surface area contributed by atoms with Crippen LogP contribution < -0.4 is 21.9 Å². The molecule has 0 bridgehead atoms. The number of nitrogens with one attached hydrogen (secondary N) is 3. The molecule has 0 spiro atoms. The SMILES string of the molecule is CN=C(/C=C(\N)SC1N=C(Nc2c3c(cc4c2CCC4)CCC3)NN1)C1(OC)COC1. The van der Waals surface area contributed by atoms with Crippen molar-refractivity contribution < 1.29 is 9.47 Å². The number of aliphatic imine (C=N–C) groups is 2. The number of nitrogens with two attached hydrogens (primary N) is 1. The number of hydrogen-bond acceptors (Lipinski definition) is 9. The maximum absolute atomic E-state index is 6.30. The van der Waals surface area contributed by atoms with Crippen LogP contribution in [0.3, 0.4) is 0 Å². The largest absolute Gasteiger partial charge is 0.393 e. The number of hydrazine groups is 1. The van der Waals surface area contributed by atoms with Crippen LogP contribution in [0.1, 0.15) is 35.1 Å². The molecular formula is C22H30N6O2S. The molecule has 1 fully saturated rings. The summed E-state index contributed by atoms with van der Waals surface area (Å²) in [5, 5.41) is 4.21. The Labute approximate surface area is 187 Å². The number of rotatable bonds is 6. The van der Waals surface area contributed by atoms with Gasteiger partial charge in [0.15, 0.2) is 11.1 Å². The van der Waals surface area contributed by atoms with Crippen LogP contribution >= 0.6 is 11.8 Å². The zero-order valence-corrected chi connectivity index (χ0v) is 18.9. The number of guanidine groups is 1. The third-order valence-corrected chi connectivity index (χ3v) is 7.41. The van der Waals surface area contributed by atoms with E-state index in [1.165, 1.54) is 65.4 Å². The average Bonchev–Trinajstić information content (AvgIpc) is 3.47. The summed E-state index contributed by atoms with van der Waals surface area (Å²) in [5.41, 5.74) is 20.0. The highest BCUT2D eigenvalue weighted by Gasteiger charge is 2.43. The molecule has 166 valence electrons. The number of thioether (sulfide) groups is 1.